The molecule has 2 rings (SSSR count). The molecule has 0 N–H and O–H groups in total. The van der Waals surface area contributed by atoms with E-state index in [1.54, 1.807) is 11.8 Å². The Bertz CT molecular complexity index is 607. The molecule has 1 aromatic rings. The first-order valence-corrected chi connectivity index (χ1v) is 9.34. The van der Waals surface area contributed by atoms with Crippen LogP contribution >= 0.6 is 0 Å². The summed E-state index contributed by atoms with van der Waals surface area (Å²) in [6, 6.07) is 6.11. The first-order chi connectivity index (χ1) is 12.0. The minimum absolute atomic E-state index is 0.00685. The van der Waals surface area contributed by atoms with Crippen molar-refractivity contribution >= 4 is 17.5 Å². The average molecular weight is 345 g/mol. The molecule has 0 saturated carbocycles. The van der Waals surface area contributed by atoms with Crippen LogP contribution in [-0.2, 0) is 16.0 Å². The number of para-hydroxylation sites is 1. The topological polar surface area (TPSA) is 43.9 Å². The van der Waals surface area contributed by atoms with Gasteiger partial charge in [-0.3, -0.25) is 9.59 Å². The number of aryl methyl sites for hydroxylation is 2. The second-order valence-electron chi connectivity index (χ2n) is 6.67. The predicted octanol–water partition coefficient (Wildman–Crippen LogP) is 2.46. The second kappa shape index (κ2) is 8.99. The number of hydrogen-bond donors (Lipinski definition) is 0. The van der Waals surface area contributed by atoms with Gasteiger partial charge in [0.2, 0.25) is 11.8 Å². The smallest absolute Gasteiger partial charge is 0.224 e. The van der Waals surface area contributed by atoms with Crippen LogP contribution in [0.3, 0.4) is 0 Å². The summed E-state index contributed by atoms with van der Waals surface area (Å²) in [5, 5.41) is 0. The van der Waals surface area contributed by atoms with Crippen molar-refractivity contribution in [1.82, 2.24) is 9.80 Å². The fourth-order valence-electron chi connectivity index (χ4n) is 3.50. The number of anilines is 1. The number of nitrogens with zero attached hydrogens (tertiary/aromatic N) is 3. The number of amides is 2. The summed E-state index contributed by atoms with van der Waals surface area (Å²) in [7, 11) is 0. The zero-order chi connectivity index (χ0) is 18.4. The monoisotopic (exact) mass is 345 g/mol. The number of carbonyl (C=O) groups is 2. The van der Waals surface area contributed by atoms with Crippen LogP contribution in [0.5, 0.6) is 0 Å². The van der Waals surface area contributed by atoms with Crippen molar-refractivity contribution in [3.05, 3.63) is 29.3 Å². The molecule has 5 heteroatoms. The van der Waals surface area contributed by atoms with Gasteiger partial charge in [-0.25, -0.2) is 0 Å². The molecular weight excluding hydrogens is 314 g/mol. The Balaban J connectivity index is 2.04. The third-order valence-corrected chi connectivity index (χ3v) is 5.07. The summed E-state index contributed by atoms with van der Waals surface area (Å²) >= 11 is 0. The van der Waals surface area contributed by atoms with Gasteiger partial charge in [-0.15, -0.1) is 0 Å². The summed E-state index contributed by atoms with van der Waals surface area (Å²) in [6.45, 7) is 12.8. The zero-order valence-corrected chi connectivity index (χ0v) is 16.0. The number of hydrogen-bond acceptors (Lipinski definition) is 3. The van der Waals surface area contributed by atoms with E-state index in [-0.39, 0.29) is 11.8 Å². The van der Waals surface area contributed by atoms with Crippen molar-refractivity contribution in [2.45, 2.75) is 40.5 Å². The molecule has 0 spiro atoms. The Morgan fingerprint density at radius 3 is 2.36 bits per heavy atom. The van der Waals surface area contributed by atoms with Crippen LogP contribution in [0.25, 0.3) is 0 Å². The maximum atomic E-state index is 12.6. The van der Waals surface area contributed by atoms with Gasteiger partial charge in [-0.05, 0) is 31.0 Å². The molecular formula is C20H31N3O2. The highest BCUT2D eigenvalue weighted by atomic mass is 16.2. The molecule has 0 radical (unpaired) electrons. The molecule has 0 unspecified atom stereocenters. The normalized spacial score (nSPS) is 15.3. The quantitative estimate of drug-likeness (QED) is 0.795. The number of likely N-dealkylation sites (N-methyl/N-ethyl adjacent to an activating group) is 1. The standard InChI is InChI=1S/C20H31N3O2/c1-5-18-9-7-8-16(3)20(18)23(17(4)24)11-10-19(25)22-14-12-21(6-2)13-15-22/h7-9H,5-6,10-15H2,1-4H3. The Hall–Kier alpha value is -1.88. The van der Waals surface area contributed by atoms with E-state index in [0.29, 0.717) is 13.0 Å². The molecule has 2 amide bonds. The van der Waals surface area contributed by atoms with E-state index in [9.17, 15) is 9.59 Å². The van der Waals surface area contributed by atoms with E-state index in [4.69, 9.17) is 0 Å². The molecule has 1 saturated heterocycles. The highest BCUT2D eigenvalue weighted by Gasteiger charge is 2.22. The Morgan fingerprint density at radius 2 is 1.80 bits per heavy atom. The number of carbonyl (C=O) groups excluding carboxylic acids is 2. The molecule has 0 atom stereocenters. The van der Waals surface area contributed by atoms with Crippen LogP contribution in [0.1, 0.15) is 38.3 Å². The van der Waals surface area contributed by atoms with Crippen molar-refractivity contribution in [2.24, 2.45) is 0 Å². The molecule has 1 aromatic carbocycles. The lowest BCUT2D eigenvalue weighted by atomic mass is 10.0. The van der Waals surface area contributed by atoms with E-state index < -0.39 is 0 Å². The van der Waals surface area contributed by atoms with Gasteiger partial charge in [0.15, 0.2) is 0 Å². The van der Waals surface area contributed by atoms with Crippen LogP contribution in [-0.4, -0.2) is 60.9 Å². The highest BCUT2D eigenvalue weighted by Crippen LogP contribution is 2.26. The molecule has 1 aliphatic heterocycles. The first-order valence-electron chi connectivity index (χ1n) is 9.34. The molecule has 1 fully saturated rings. The predicted molar refractivity (Wildman–Crippen MR) is 102 cm³/mol. The van der Waals surface area contributed by atoms with Crippen LogP contribution < -0.4 is 4.90 Å². The lowest BCUT2D eigenvalue weighted by molar-refractivity contribution is -0.132. The minimum atomic E-state index is -0.00685. The molecule has 5 nitrogen and oxygen atoms in total. The summed E-state index contributed by atoms with van der Waals surface area (Å²) < 4.78 is 0. The van der Waals surface area contributed by atoms with Gasteiger partial charge in [0.1, 0.15) is 0 Å². The zero-order valence-electron chi connectivity index (χ0n) is 16.0. The van der Waals surface area contributed by atoms with Gasteiger partial charge < -0.3 is 14.7 Å². The third-order valence-electron chi connectivity index (χ3n) is 5.07. The van der Waals surface area contributed by atoms with E-state index in [1.807, 2.05) is 24.0 Å². The van der Waals surface area contributed by atoms with E-state index >= 15 is 0 Å². The summed E-state index contributed by atoms with van der Waals surface area (Å²) in [5.41, 5.74) is 3.21. The average Bonchev–Trinajstić information content (AvgIpc) is 2.62. The van der Waals surface area contributed by atoms with Gasteiger partial charge >= 0.3 is 0 Å². The van der Waals surface area contributed by atoms with Gasteiger partial charge in [0.05, 0.1) is 0 Å². The minimum Gasteiger partial charge on any atom is -0.340 e. The summed E-state index contributed by atoms with van der Waals surface area (Å²) in [5.74, 6) is 0.140. The first kappa shape index (κ1) is 19.4. The number of benzene rings is 1. The molecule has 1 heterocycles. The van der Waals surface area contributed by atoms with Crippen molar-refractivity contribution in [1.29, 1.82) is 0 Å². The van der Waals surface area contributed by atoms with Crippen molar-refractivity contribution in [3.8, 4) is 0 Å². The molecule has 0 aliphatic carbocycles. The van der Waals surface area contributed by atoms with E-state index in [0.717, 1.165) is 56.0 Å². The van der Waals surface area contributed by atoms with E-state index in [1.165, 1.54) is 0 Å². The molecule has 25 heavy (non-hydrogen) atoms. The summed E-state index contributed by atoms with van der Waals surface area (Å²) in [6.07, 6.45) is 1.25. The molecule has 1 aliphatic rings. The Kier molecular flexibility index (Phi) is 7.00. The van der Waals surface area contributed by atoms with Crippen molar-refractivity contribution in [2.75, 3.05) is 44.2 Å². The third kappa shape index (κ3) is 4.82. The molecule has 0 aromatic heterocycles. The highest BCUT2D eigenvalue weighted by molar-refractivity contribution is 5.94. The van der Waals surface area contributed by atoms with Gasteiger partial charge in [-0.2, -0.15) is 0 Å². The Morgan fingerprint density at radius 1 is 1.12 bits per heavy atom. The lowest BCUT2D eigenvalue weighted by Gasteiger charge is -2.34. The van der Waals surface area contributed by atoms with Crippen LogP contribution in [0.15, 0.2) is 18.2 Å². The summed E-state index contributed by atoms with van der Waals surface area (Å²) in [4.78, 5) is 30.8. The van der Waals surface area contributed by atoms with Crippen LogP contribution in [0, 0.1) is 6.92 Å². The Labute approximate surface area is 151 Å². The van der Waals surface area contributed by atoms with Crippen LogP contribution in [0.2, 0.25) is 0 Å². The largest absolute Gasteiger partial charge is 0.340 e. The number of rotatable bonds is 6. The van der Waals surface area contributed by atoms with Gasteiger partial charge in [0, 0.05) is 51.8 Å². The molecule has 0 bridgehead atoms. The maximum absolute atomic E-state index is 12.6. The van der Waals surface area contributed by atoms with Crippen molar-refractivity contribution < 1.29 is 9.59 Å². The van der Waals surface area contributed by atoms with E-state index in [2.05, 4.69) is 24.8 Å². The molecule has 138 valence electrons. The van der Waals surface area contributed by atoms with Gasteiger partial charge in [0.25, 0.3) is 0 Å². The lowest BCUT2D eigenvalue weighted by Crippen LogP contribution is -2.49. The maximum Gasteiger partial charge on any atom is 0.224 e. The second-order valence-corrected chi connectivity index (χ2v) is 6.67. The van der Waals surface area contributed by atoms with Gasteiger partial charge in [-0.1, -0.05) is 32.0 Å². The fourth-order valence-corrected chi connectivity index (χ4v) is 3.50. The number of piperazine rings is 1. The van der Waals surface area contributed by atoms with Crippen LogP contribution in [0.4, 0.5) is 5.69 Å². The van der Waals surface area contributed by atoms with Crippen molar-refractivity contribution in [3.63, 3.8) is 0 Å². The fraction of sp³-hybridized carbons (Fsp3) is 0.600. The SMILES string of the molecule is CCc1cccc(C)c1N(CCC(=O)N1CCN(CC)CC1)C(C)=O.